The van der Waals surface area contributed by atoms with Gasteiger partial charge in [0.15, 0.2) is 0 Å². The molecule has 0 aromatic heterocycles. The normalized spacial score (nSPS) is 21.1. The molecule has 6 N–H and O–H groups in total. The topological polar surface area (TPSA) is 78.1 Å². The summed E-state index contributed by atoms with van der Waals surface area (Å²) in [5.74, 6) is 1.08. The zero-order valence-electron chi connectivity index (χ0n) is 9.22. The highest BCUT2D eigenvalue weighted by molar-refractivity contribution is 5.15. The molecular formula is C10H25N3. The zero-order valence-corrected chi connectivity index (χ0v) is 9.22. The van der Waals surface area contributed by atoms with E-state index in [4.69, 9.17) is 0 Å². The third-order valence-electron chi connectivity index (χ3n) is 2.16. The maximum Gasteiger partial charge on any atom is -0.0195 e. The fourth-order valence-electron chi connectivity index (χ4n) is 1.68. The van der Waals surface area contributed by atoms with Crippen LogP contribution in [0.25, 0.3) is 0 Å². The Morgan fingerprint density at radius 2 is 1.62 bits per heavy atom. The summed E-state index contributed by atoms with van der Waals surface area (Å²) >= 11 is 0. The van der Waals surface area contributed by atoms with Gasteiger partial charge in [0, 0.05) is 0 Å². The Bertz CT molecular complexity index is 121. The van der Waals surface area contributed by atoms with E-state index in [1.54, 1.807) is 5.57 Å². The lowest BCUT2D eigenvalue weighted by Crippen LogP contribution is -1.85. The predicted molar refractivity (Wildman–Crippen MR) is 60.4 cm³/mol. The SMILES string of the molecule is C1=C2CCC(C1)C2.CN.CN.CN. The van der Waals surface area contributed by atoms with Crippen molar-refractivity contribution in [2.75, 3.05) is 21.1 Å². The Kier molecular flexibility index (Phi) is 13.5. The Morgan fingerprint density at radius 1 is 1.08 bits per heavy atom. The lowest BCUT2D eigenvalue weighted by Gasteiger charge is -1.98. The van der Waals surface area contributed by atoms with E-state index in [0.717, 1.165) is 5.92 Å². The van der Waals surface area contributed by atoms with Crippen LogP contribution in [-0.2, 0) is 0 Å². The van der Waals surface area contributed by atoms with Crippen molar-refractivity contribution in [3.05, 3.63) is 11.6 Å². The monoisotopic (exact) mass is 187 g/mol. The Balaban J connectivity index is 0. The summed E-state index contributed by atoms with van der Waals surface area (Å²) in [7, 11) is 4.50. The molecule has 0 saturated heterocycles. The van der Waals surface area contributed by atoms with E-state index in [1.807, 2.05) is 0 Å². The number of hydrogen-bond donors (Lipinski definition) is 3. The number of allylic oxidation sites excluding steroid dienone is 2. The summed E-state index contributed by atoms with van der Waals surface area (Å²) in [4.78, 5) is 0. The molecule has 2 aliphatic rings. The van der Waals surface area contributed by atoms with E-state index in [2.05, 4.69) is 23.3 Å². The van der Waals surface area contributed by atoms with Gasteiger partial charge in [-0.25, -0.2) is 0 Å². The molecule has 0 spiro atoms. The highest BCUT2D eigenvalue weighted by Crippen LogP contribution is 2.38. The van der Waals surface area contributed by atoms with Gasteiger partial charge in [-0.15, -0.1) is 0 Å². The van der Waals surface area contributed by atoms with Crippen molar-refractivity contribution in [1.29, 1.82) is 0 Å². The predicted octanol–water partition coefficient (Wildman–Crippen LogP) is 0.841. The van der Waals surface area contributed by atoms with Gasteiger partial charge in [-0.05, 0) is 52.7 Å². The minimum atomic E-state index is 1.08. The van der Waals surface area contributed by atoms with Gasteiger partial charge in [-0.2, -0.15) is 0 Å². The van der Waals surface area contributed by atoms with Crippen molar-refractivity contribution in [2.45, 2.75) is 25.7 Å². The average Bonchev–Trinajstić information content (AvgIpc) is 2.90. The molecule has 3 heteroatoms. The van der Waals surface area contributed by atoms with Crippen molar-refractivity contribution in [2.24, 2.45) is 23.1 Å². The molecule has 0 radical (unpaired) electrons. The third kappa shape index (κ3) is 5.80. The quantitative estimate of drug-likeness (QED) is 0.492. The van der Waals surface area contributed by atoms with Gasteiger partial charge in [0.25, 0.3) is 0 Å². The molecule has 1 saturated carbocycles. The molecule has 0 heterocycles. The molecule has 0 aliphatic heterocycles. The van der Waals surface area contributed by atoms with Crippen LogP contribution in [0, 0.1) is 5.92 Å². The van der Waals surface area contributed by atoms with Gasteiger partial charge in [-0.3, -0.25) is 0 Å². The van der Waals surface area contributed by atoms with E-state index < -0.39 is 0 Å². The fourth-order valence-corrected chi connectivity index (χ4v) is 1.68. The number of rotatable bonds is 0. The van der Waals surface area contributed by atoms with Gasteiger partial charge < -0.3 is 17.2 Å². The van der Waals surface area contributed by atoms with E-state index in [-0.39, 0.29) is 0 Å². The minimum absolute atomic E-state index is 1.08. The van der Waals surface area contributed by atoms with Crippen LogP contribution in [0.15, 0.2) is 11.6 Å². The summed E-state index contributed by atoms with van der Waals surface area (Å²) < 4.78 is 0. The first kappa shape index (κ1) is 15.1. The van der Waals surface area contributed by atoms with Crippen LogP contribution >= 0.6 is 0 Å². The smallest absolute Gasteiger partial charge is 0.0195 e. The van der Waals surface area contributed by atoms with Crippen LogP contribution in [0.1, 0.15) is 25.7 Å². The zero-order chi connectivity index (χ0) is 10.7. The summed E-state index contributed by atoms with van der Waals surface area (Å²) in [6.45, 7) is 0. The molecule has 80 valence electrons. The van der Waals surface area contributed by atoms with Crippen LogP contribution in [0.5, 0.6) is 0 Å². The molecule has 2 aliphatic carbocycles. The van der Waals surface area contributed by atoms with Crippen molar-refractivity contribution in [3.63, 3.8) is 0 Å². The van der Waals surface area contributed by atoms with Gasteiger partial charge >= 0.3 is 0 Å². The van der Waals surface area contributed by atoms with E-state index >= 15 is 0 Å². The standard InChI is InChI=1S/C7H10.3CH5N/c1-2-7-4-3-6(1)5-7;3*1-2/h1,7H,2-5H2;3*2H2,1H3. The molecular weight excluding hydrogens is 162 g/mol. The van der Waals surface area contributed by atoms with E-state index in [9.17, 15) is 0 Å². The Labute approximate surface area is 82.4 Å². The number of hydrogen-bond acceptors (Lipinski definition) is 3. The largest absolute Gasteiger partial charge is 0.333 e. The Morgan fingerprint density at radius 3 is 1.69 bits per heavy atom. The summed E-state index contributed by atoms with van der Waals surface area (Å²) in [5.41, 5.74) is 15.2. The molecule has 13 heavy (non-hydrogen) atoms. The van der Waals surface area contributed by atoms with Gasteiger partial charge in [0.1, 0.15) is 0 Å². The van der Waals surface area contributed by atoms with Crippen LogP contribution in [0.4, 0.5) is 0 Å². The summed E-state index contributed by atoms with van der Waals surface area (Å²) in [6, 6.07) is 0. The lowest BCUT2D eigenvalue weighted by molar-refractivity contribution is 0.576. The third-order valence-corrected chi connectivity index (χ3v) is 2.16. The van der Waals surface area contributed by atoms with Gasteiger partial charge in [0.05, 0.1) is 0 Å². The minimum Gasteiger partial charge on any atom is -0.333 e. The molecule has 3 nitrogen and oxygen atoms in total. The van der Waals surface area contributed by atoms with Crippen LogP contribution in [0.2, 0.25) is 0 Å². The van der Waals surface area contributed by atoms with Crippen molar-refractivity contribution in [3.8, 4) is 0 Å². The van der Waals surface area contributed by atoms with Crippen molar-refractivity contribution in [1.82, 2.24) is 0 Å². The van der Waals surface area contributed by atoms with Crippen molar-refractivity contribution >= 4 is 0 Å². The molecule has 1 fully saturated rings. The molecule has 2 bridgehead atoms. The van der Waals surface area contributed by atoms with Crippen LogP contribution in [0.3, 0.4) is 0 Å². The molecule has 1 unspecified atom stereocenters. The van der Waals surface area contributed by atoms with Crippen LogP contribution < -0.4 is 17.2 Å². The number of nitrogens with two attached hydrogens (primary N) is 3. The van der Waals surface area contributed by atoms with Gasteiger partial charge in [0.2, 0.25) is 0 Å². The van der Waals surface area contributed by atoms with Gasteiger partial charge in [-0.1, -0.05) is 11.6 Å². The lowest BCUT2D eigenvalue weighted by atomic mass is 10.1. The highest BCUT2D eigenvalue weighted by atomic mass is 14.4. The fraction of sp³-hybridized carbons (Fsp3) is 0.800. The maximum absolute atomic E-state index is 4.50. The second-order valence-corrected chi connectivity index (χ2v) is 2.71. The molecule has 0 amide bonds. The second kappa shape index (κ2) is 11.6. The first-order valence-electron chi connectivity index (χ1n) is 4.86. The highest BCUT2D eigenvalue weighted by Gasteiger charge is 2.22. The summed E-state index contributed by atoms with van der Waals surface area (Å²) in [5, 5.41) is 0. The average molecular weight is 187 g/mol. The molecule has 2 rings (SSSR count). The Hall–Kier alpha value is -0.380. The number of fused-ring (bicyclic) bond motifs is 2. The van der Waals surface area contributed by atoms with E-state index in [0.29, 0.717) is 0 Å². The first-order valence-corrected chi connectivity index (χ1v) is 4.86. The second-order valence-electron chi connectivity index (χ2n) is 2.71. The van der Waals surface area contributed by atoms with Crippen LogP contribution in [-0.4, -0.2) is 21.1 Å². The van der Waals surface area contributed by atoms with Crippen molar-refractivity contribution < 1.29 is 0 Å². The first-order chi connectivity index (χ1) is 6.45. The molecule has 0 aromatic rings. The summed E-state index contributed by atoms with van der Waals surface area (Å²) in [6.07, 6.45) is 8.18. The molecule has 1 atom stereocenters. The molecule has 0 aromatic carbocycles. The maximum atomic E-state index is 4.50. The van der Waals surface area contributed by atoms with E-state index in [1.165, 1.54) is 46.8 Å².